The first-order valence-corrected chi connectivity index (χ1v) is 6.76. The minimum Gasteiger partial charge on any atom is -0.356 e. The van der Waals surface area contributed by atoms with Gasteiger partial charge < -0.3 is 5.32 Å². The van der Waals surface area contributed by atoms with Gasteiger partial charge in [0.25, 0.3) is 0 Å². The molecule has 0 aromatic rings. The summed E-state index contributed by atoms with van der Waals surface area (Å²) >= 11 is 2.49. The number of nitrogens with one attached hydrogen (secondary N) is 1. The highest BCUT2D eigenvalue weighted by molar-refractivity contribution is 14.1. The third-order valence-electron chi connectivity index (χ3n) is 2.71. The van der Waals surface area contributed by atoms with Crippen LogP contribution in [0.15, 0.2) is 0 Å². The molecule has 0 unspecified atom stereocenters. The average Bonchev–Trinajstić information content (AvgIpc) is 2.15. The summed E-state index contributed by atoms with van der Waals surface area (Å²) in [6, 6.07) is 0. The quantitative estimate of drug-likeness (QED) is 0.630. The average molecular weight is 309 g/mol. The van der Waals surface area contributed by atoms with Crippen LogP contribution in [-0.2, 0) is 4.79 Å². The van der Waals surface area contributed by atoms with Crippen molar-refractivity contribution in [3.05, 3.63) is 0 Å². The van der Waals surface area contributed by atoms with Crippen molar-refractivity contribution in [3.8, 4) is 0 Å². The number of carbonyl (C=O) groups is 1. The Kier molecular flexibility index (Phi) is 5.20. The van der Waals surface area contributed by atoms with Gasteiger partial charge in [0.05, 0.1) is 0 Å². The number of amides is 1. The Bertz CT molecular complexity index is 186. The molecule has 0 aliphatic heterocycles. The zero-order valence-corrected chi connectivity index (χ0v) is 11.2. The Labute approximate surface area is 100 Å². The molecule has 14 heavy (non-hydrogen) atoms. The van der Waals surface area contributed by atoms with Crippen LogP contribution in [0.4, 0.5) is 0 Å². The number of alkyl halides is 1. The summed E-state index contributed by atoms with van der Waals surface area (Å²) in [5.74, 6) is 1.13. The lowest BCUT2D eigenvalue weighted by atomic mass is 9.88. The van der Waals surface area contributed by atoms with Crippen LogP contribution in [0.5, 0.6) is 0 Å². The van der Waals surface area contributed by atoms with Gasteiger partial charge in [0.1, 0.15) is 0 Å². The van der Waals surface area contributed by atoms with Crippen molar-refractivity contribution in [1.82, 2.24) is 5.32 Å². The maximum Gasteiger partial charge on any atom is 0.223 e. The van der Waals surface area contributed by atoms with Crippen molar-refractivity contribution >= 4 is 28.5 Å². The second kappa shape index (κ2) is 5.93. The molecule has 82 valence electrons. The normalized spacial score (nSPS) is 27.7. The van der Waals surface area contributed by atoms with Gasteiger partial charge in [-0.3, -0.25) is 4.79 Å². The zero-order valence-electron chi connectivity index (χ0n) is 9.05. The molecule has 0 aromatic heterocycles. The number of rotatable bonds is 3. The van der Waals surface area contributed by atoms with E-state index >= 15 is 0 Å². The van der Waals surface area contributed by atoms with E-state index in [9.17, 15) is 4.79 Å². The van der Waals surface area contributed by atoms with E-state index in [4.69, 9.17) is 0 Å². The zero-order chi connectivity index (χ0) is 10.6. The first-order valence-electron chi connectivity index (χ1n) is 5.51. The van der Waals surface area contributed by atoms with Crippen molar-refractivity contribution in [1.29, 1.82) is 0 Å². The molecular formula is C11H20INO. The summed E-state index contributed by atoms with van der Waals surface area (Å²) < 4.78 is 0.793. The molecule has 1 saturated carbocycles. The van der Waals surface area contributed by atoms with Gasteiger partial charge in [-0.15, -0.1) is 0 Å². The third kappa shape index (κ3) is 4.15. The second-order valence-corrected chi connectivity index (χ2v) is 6.35. The molecule has 0 bridgehead atoms. The number of hydrogen-bond donors (Lipinski definition) is 1. The highest BCUT2D eigenvalue weighted by Crippen LogP contribution is 2.28. The Morgan fingerprint density at radius 3 is 2.43 bits per heavy atom. The van der Waals surface area contributed by atoms with Gasteiger partial charge >= 0.3 is 0 Å². The van der Waals surface area contributed by atoms with E-state index in [2.05, 4.69) is 41.8 Å². The summed E-state index contributed by atoms with van der Waals surface area (Å²) in [4.78, 5) is 11.7. The minimum atomic E-state index is 0.280. The van der Waals surface area contributed by atoms with E-state index in [-0.39, 0.29) is 5.91 Å². The van der Waals surface area contributed by atoms with E-state index in [0.717, 1.165) is 23.3 Å². The van der Waals surface area contributed by atoms with Crippen LogP contribution in [0.25, 0.3) is 0 Å². The van der Waals surface area contributed by atoms with E-state index < -0.39 is 0 Å². The molecule has 0 atom stereocenters. The molecule has 1 aliphatic rings. The molecule has 0 aromatic carbocycles. The molecule has 0 heterocycles. The van der Waals surface area contributed by atoms with Crippen LogP contribution in [0, 0.1) is 11.8 Å². The maximum atomic E-state index is 11.7. The lowest BCUT2D eigenvalue weighted by Gasteiger charge is -2.24. The fourth-order valence-electron chi connectivity index (χ4n) is 1.76. The molecule has 0 spiro atoms. The van der Waals surface area contributed by atoms with Gasteiger partial charge in [0.15, 0.2) is 0 Å². The predicted molar refractivity (Wildman–Crippen MR) is 67.6 cm³/mol. The molecule has 3 heteroatoms. The molecule has 2 nitrogen and oxygen atoms in total. The lowest BCUT2D eigenvalue weighted by Crippen LogP contribution is -2.35. The molecule has 1 aliphatic carbocycles. The fraction of sp³-hybridized carbons (Fsp3) is 0.909. The first-order chi connectivity index (χ1) is 6.59. The Morgan fingerprint density at radius 2 is 1.93 bits per heavy atom. The highest BCUT2D eigenvalue weighted by atomic mass is 127. The molecule has 1 fully saturated rings. The molecule has 1 amide bonds. The lowest BCUT2D eigenvalue weighted by molar-refractivity contribution is -0.126. The Hall–Kier alpha value is 0.200. The van der Waals surface area contributed by atoms with E-state index in [1.807, 2.05) is 0 Å². The first kappa shape index (κ1) is 12.3. The SMILES string of the molecule is CC(C)CNC(=O)C1CCC(I)CC1. The standard InChI is InChI=1S/C11H20INO/c1-8(2)7-13-11(14)9-3-5-10(12)6-4-9/h8-10H,3-7H2,1-2H3,(H,13,14). The summed E-state index contributed by atoms with van der Waals surface area (Å²) in [6.45, 7) is 5.08. The molecule has 1 N–H and O–H groups in total. The van der Waals surface area contributed by atoms with Crippen LogP contribution in [-0.4, -0.2) is 16.4 Å². The highest BCUT2D eigenvalue weighted by Gasteiger charge is 2.24. The fourth-order valence-corrected chi connectivity index (χ4v) is 2.48. The van der Waals surface area contributed by atoms with Gasteiger partial charge in [-0.25, -0.2) is 0 Å². The van der Waals surface area contributed by atoms with Gasteiger partial charge in [0, 0.05) is 16.4 Å². The topological polar surface area (TPSA) is 29.1 Å². The van der Waals surface area contributed by atoms with Crippen molar-refractivity contribution in [3.63, 3.8) is 0 Å². The second-order valence-electron chi connectivity index (χ2n) is 4.59. The van der Waals surface area contributed by atoms with Gasteiger partial charge in [-0.1, -0.05) is 36.4 Å². The van der Waals surface area contributed by atoms with Crippen molar-refractivity contribution < 1.29 is 4.79 Å². The largest absolute Gasteiger partial charge is 0.356 e. The predicted octanol–water partition coefficient (Wildman–Crippen LogP) is 2.75. The van der Waals surface area contributed by atoms with E-state index in [1.165, 1.54) is 12.8 Å². The molecular weight excluding hydrogens is 289 g/mol. The van der Waals surface area contributed by atoms with Crippen molar-refractivity contribution in [2.75, 3.05) is 6.54 Å². The summed E-state index contributed by atoms with van der Waals surface area (Å²) in [6.07, 6.45) is 4.58. The van der Waals surface area contributed by atoms with Crippen molar-refractivity contribution in [2.24, 2.45) is 11.8 Å². The smallest absolute Gasteiger partial charge is 0.223 e. The monoisotopic (exact) mass is 309 g/mol. The maximum absolute atomic E-state index is 11.7. The molecule has 1 rings (SSSR count). The Morgan fingerprint density at radius 1 is 1.36 bits per heavy atom. The van der Waals surface area contributed by atoms with E-state index in [1.54, 1.807) is 0 Å². The minimum absolute atomic E-state index is 0.280. The van der Waals surface area contributed by atoms with E-state index in [0.29, 0.717) is 11.8 Å². The van der Waals surface area contributed by atoms with Gasteiger partial charge in [-0.05, 0) is 31.6 Å². The Balaban J connectivity index is 2.24. The van der Waals surface area contributed by atoms with Gasteiger partial charge in [0.2, 0.25) is 5.91 Å². The summed E-state index contributed by atoms with van der Waals surface area (Å²) in [5.41, 5.74) is 0. The summed E-state index contributed by atoms with van der Waals surface area (Å²) in [5, 5.41) is 3.03. The van der Waals surface area contributed by atoms with Crippen LogP contribution in [0.1, 0.15) is 39.5 Å². The van der Waals surface area contributed by atoms with Crippen LogP contribution in [0.3, 0.4) is 0 Å². The van der Waals surface area contributed by atoms with Crippen LogP contribution < -0.4 is 5.32 Å². The number of hydrogen-bond acceptors (Lipinski definition) is 1. The number of carbonyl (C=O) groups excluding carboxylic acids is 1. The van der Waals surface area contributed by atoms with Crippen molar-refractivity contribution in [2.45, 2.75) is 43.5 Å². The third-order valence-corrected chi connectivity index (χ3v) is 3.96. The number of halogens is 1. The van der Waals surface area contributed by atoms with Crippen LogP contribution >= 0.6 is 22.6 Å². The molecule has 0 saturated heterocycles. The van der Waals surface area contributed by atoms with Crippen LogP contribution in [0.2, 0.25) is 0 Å². The van der Waals surface area contributed by atoms with Gasteiger partial charge in [-0.2, -0.15) is 0 Å². The molecule has 0 radical (unpaired) electrons. The summed E-state index contributed by atoms with van der Waals surface area (Å²) in [7, 11) is 0.